The van der Waals surface area contributed by atoms with Gasteiger partial charge in [-0.1, -0.05) is 0 Å². The zero-order valence-corrected chi connectivity index (χ0v) is 11.3. The van der Waals surface area contributed by atoms with Crippen molar-refractivity contribution in [1.29, 1.82) is 0 Å². The molecule has 2 atom stereocenters. The normalized spacial score (nSPS) is 22.4. The van der Waals surface area contributed by atoms with E-state index in [1.807, 2.05) is 0 Å². The van der Waals surface area contributed by atoms with Crippen molar-refractivity contribution in [2.75, 3.05) is 13.1 Å². The molecule has 3 rings (SSSR count). The summed E-state index contributed by atoms with van der Waals surface area (Å²) in [6.45, 7) is 2.14. The summed E-state index contributed by atoms with van der Waals surface area (Å²) in [5.74, 6) is -1.30. The molecule has 0 spiro atoms. The number of carboxylic acids is 1. The van der Waals surface area contributed by atoms with Gasteiger partial charge in [-0.2, -0.15) is 15.4 Å². The molecule has 1 aromatic heterocycles. The van der Waals surface area contributed by atoms with Crippen molar-refractivity contribution < 1.29 is 19.4 Å². The fraction of sp³-hybridized carbons (Fsp3) is 0.385. The van der Waals surface area contributed by atoms with Crippen LogP contribution in [0.4, 0.5) is 0 Å². The van der Waals surface area contributed by atoms with Crippen molar-refractivity contribution in [3.05, 3.63) is 23.8 Å². The molecule has 2 N–H and O–H groups in total. The van der Waals surface area contributed by atoms with Crippen LogP contribution in [-0.4, -0.2) is 62.6 Å². The number of ether oxygens (including phenoxy) is 1. The lowest BCUT2D eigenvalue weighted by Gasteiger charge is -2.34. The van der Waals surface area contributed by atoms with Crippen molar-refractivity contribution in [1.82, 2.24) is 20.3 Å². The molecule has 0 aliphatic carbocycles. The summed E-state index contributed by atoms with van der Waals surface area (Å²) >= 11 is 0. The van der Waals surface area contributed by atoms with Gasteiger partial charge in [-0.05, 0) is 25.1 Å². The Hall–Kier alpha value is -2.48. The summed E-state index contributed by atoms with van der Waals surface area (Å²) in [5.41, 5.74) is 1.72. The third kappa shape index (κ3) is 2.57. The fourth-order valence-corrected chi connectivity index (χ4v) is 2.41. The van der Waals surface area contributed by atoms with Crippen LogP contribution in [0, 0.1) is 0 Å². The number of nitrogens with one attached hydrogen (secondary N) is 1. The summed E-state index contributed by atoms with van der Waals surface area (Å²) in [4.78, 5) is 25.1. The summed E-state index contributed by atoms with van der Waals surface area (Å²) in [6, 6.07) is 4.99. The molecule has 8 heteroatoms. The standard InChI is InChI=1S/C13H14N4O4/c1-7-5-17(6-11(21-7)13(19)20)12(18)8-2-3-9-10(4-8)15-16-14-9/h2-4,7,11H,5-6H2,1H3,(H,19,20)(H,14,15,16)/t7-,11?/m1/s1. The average Bonchev–Trinajstić information content (AvgIpc) is 2.93. The molecule has 1 aromatic carbocycles. The number of carbonyl (C=O) groups is 2. The molecule has 1 aliphatic heterocycles. The first-order chi connectivity index (χ1) is 10.0. The Morgan fingerprint density at radius 2 is 2.10 bits per heavy atom. The van der Waals surface area contributed by atoms with Crippen LogP contribution in [0.15, 0.2) is 18.2 Å². The summed E-state index contributed by atoms with van der Waals surface area (Å²) in [5, 5.41) is 19.4. The minimum absolute atomic E-state index is 0.0371. The number of nitrogens with zero attached hydrogens (tertiary/aromatic N) is 3. The first-order valence-corrected chi connectivity index (χ1v) is 6.52. The van der Waals surface area contributed by atoms with Gasteiger partial charge in [0.05, 0.1) is 12.6 Å². The number of amides is 1. The first kappa shape index (κ1) is 13.5. The number of carboxylic acid groups (broad SMARTS) is 1. The van der Waals surface area contributed by atoms with E-state index < -0.39 is 12.1 Å². The molecule has 2 heterocycles. The van der Waals surface area contributed by atoms with Crippen LogP contribution in [0.25, 0.3) is 11.0 Å². The maximum atomic E-state index is 12.5. The zero-order valence-electron chi connectivity index (χ0n) is 11.3. The highest BCUT2D eigenvalue weighted by molar-refractivity contribution is 5.97. The number of hydrogen-bond acceptors (Lipinski definition) is 5. The smallest absolute Gasteiger partial charge is 0.334 e. The SMILES string of the molecule is C[C@@H]1CN(C(=O)c2ccc3n[nH]nc3c2)CC(C(=O)O)O1. The molecule has 1 unspecified atom stereocenters. The number of benzene rings is 1. The highest BCUT2D eigenvalue weighted by Crippen LogP contribution is 2.17. The summed E-state index contributed by atoms with van der Waals surface area (Å²) in [6.07, 6.45) is -1.31. The molecule has 0 radical (unpaired) electrons. The molecule has 2 aromatic rings. The van der Waals surface area contributed by atoms with Crippen molar-refractivity contribution >= 4 is 22.9 Å². The van der Waals surface area contributed by atoms with E-state index in [1.54, 1.807) is 25.1 Å². The third-order valence-corrected chi connectivity index (χ3v) is 3.39. The Morgan fingerprint density at radius 3 is 2.86 bits per heavy atom. The molecule has 110 valence electrons. The van der Waals surface area contributed by atoms with E-state index in [9.17, 15) is 9.59 Å². The molecule has 1 amide bonds. The van der Waals surface area contributed by atoms with E-state index in [4.69, 9.17) is 9.84 Å². The second kappa shape index (κ2) is 5.13. The molecule has 8 nitrogen and oxygen atoms in total. The van der Waals surface area contributed by atoms with Crippen molar-refractivity contribution in [2.45, 2.75) is 19.1 Å². The van der Waals surface area contributed by atoms with Gasteiger partial charge in [-0.15, -0.1) is 0 Å². The predicted molar refractivity (Wildman–Crippen MR) is 71.8 cm³/mol. The Balaban J connectivity index is 1.84. The number of H-pyrrole nitrogens is 1. The quantitative estimate of drug-likeness (QED) is 0.822. The zero-order chi connectivity index (χ0) is 15.0. The van der Waals surface area contributed by atoms with Gasteiger partial charge in [0.25, 0.3) is 5.91 Å². The van der Waals surface area contributed by atoms with Gasteiger partial charge in [-0.25, -0.2) is 4.79 Å². The molecule has 0 bridgehead atoms. The lowest BCUT2D eigenvalue weighted by molar-refractivity contribution is -0.160. The van der Waals surface area contributed by atoms with Crippen LogP contribution in [0.5, 0.6) is 0 Å². The maximum absolute atomic E-state index is 12.5. The van der Waals surface area contributed by atoms with Gasteiger partial charge in [0, 0.05) is 12.1 Å². The Bertz CT molecular complexity index is 698. The largest absolute Gasteiger partial charge is 0.479 e. The summed E-state index contributed by atoms with van der Waals surface area (Å²) in [7, 11) is 0. The number of aromatic amines is 1. The predicted octanol–water partition coefficient (Wildman–Crippen LogP) is 0.272. The van der Waals surface area contributed by atoms with E-state index >= 15 is 0 Å². The van der Waals surface area contributed by atoms with E-state index in [2.05, 4.69) is 15.4 Å². The highest BCUT2D eigenvalue weighted by Gasteiger charge is 2.33. The van der Waals surface area contributed by atoms with Gasteiger partial charge in [0.15, 0.2) is 6.10 Å². The number of aliphatic carboxylic acids is 1. The monoisotopic (exact) mass is 290 g/mol. The fourth-order valence-electron chi connectivity index (χ4n) is 2.41. The topological polar surface area (TPSA) is 108 Å². The molecule has 1 saturated heterocycles. The molecular weight excluding hydrogens is 276 g/mol. The van der Waals surface area contributed by atoms with E-state index in [0.29, 0.717) is 23.1 Å². The minimum atomic E-state index is -1.06. The lowest BCUT2D eigenvalue weighted by Crippen LogP contribution is -2.51. The third-order valence-electron chi connectivity index (χ3n) is 3.39. The molecule has 1 fully saturated rings. The van der Waals surface area contributed by atoms with Gasteiger partial charge >= 0.3 is 5.97 Å². The molecular formula is C13H14N4O4. The van der Waals surface area contributed by atoms with Crippen LogP contribution in [0.3, 0.4) is 0 Å². The average molecular weight is 290 g/mol. The lowest BCUT2D eigenvalue weighted by atomic mass is 10.1. The number of rotatable bonds is 2. The van der Waals surface area contributed by atoms with Crippen molar-refractivity contribution in [3.63, 3.8) is 0 Å². The Morgan fingerprint density at radius 1 is 1.33 bits per heavy atom. The van der Waals surface area contributed by atoms with Crippen molar-refractivity contribution in [3.8, 4) is 0 Å². The van der Waals surface area contributed by atoms with Crippen LogP contribution in [0.2, 0.25) is 0 Å². The highest BCUT2D eigenvalue weighted by atomic mass is 16.5. The number of morpholine rings is 1. The van der Waals surface area contributed by atoms with E-state index in [-0.39, 0.29) is 18.6 Å². The Kier molecular flexibility index (Phi) is 3.30. The second-order valence-electron chi connectivity index (χ2n) is 5.01. The van der Waals surface area contributed by atoms with Gasteiger partial charge in [0.1, 0.15) is 11.0 Å². The second-order valence-corrected chi connectivity index (χ2v) is 5.01. The molecule has 21 heavy (non-hydrogen) atoms. The van der Waals surface area contributed by atoms with Gasteiger partial charge in [0.2, 0.25) is 0 Å². The number of aromatic nitrogens is 3. The molecule has 0 saturated carbocycles. The number of fused-ring (bicyclic) bond motifs is 1. The minimum Gasteiger partial charge on any atom is -0.479 e. The van der Waals surface area contributed by atoms with Crippen molar-refractivity contribution in [2.24, 2.45) is 0 Å². The first-order valence-electron chi connectivity index (χ1n) is 6.52. The van der Waals surface area contributed by atoms with Crippen LogP contribution < -0.4 is 0 Å². The van der Waals surface area contributed by atoms with Gasteiger partial charge in [-0.3, -0.25) is 4.79 Å². The number of carbonyl (C=O) groups excluding carboxylic acids is 1. The number of hydrogen-bond donors (Lipinski definition) is 2. The van der Waals surface area contributed by atoms with Crippen LogP contribution in [-0.2, 0) is 9.53 Å². The maximum Gasteiger partial charge on any atom is 0.334 e. The summed E-state index contributed by atoms with van der Waals surface area (Å²) < 4.78 is 5.30. The van der Waals surface area contributed by atoms with Gasteiger partial charge < -0.3 is 14.7 Å². The van der Waals surface area contributed by atoms with E-state index in [0.717, 1.165) is 0 Å². The van der Waals surface area contributed by atoms with E-state index in [1.165, 1.54) is 4.90 Å². The molecule has 1 aliphatic rings. The van der Waals surface area contributed by atoms with Crippen LogP contribution >= 0.6 is 0 Å². The Labute approximate surface area is 119 Å². The van der Waals surface area contributed by atoms with Crippen LogP contribution in [0.1, 0.15) is 17.3 Å².